The van der Waals surface area contributed by atoms with Crippen LogP contribution in [0.2, 0.25) is 0 Å². The molecule has 33 heavy (non-hydrogen) atoms. The van der Waals surface area contributed by atoms with Gasteiger partial charge in [0, 0.05) is 6.42 Å². The monoisotopic (exact) mass is 476 g/mol. The molecule has 14 heteroatoms. The molecule has 0 heterocycles. The predicted octanol–water partition coefficient (Wildman–Crippen LogP) is -2.38. The minimum absolute atomic E-state index is 0.244. The van der Waals surface area contributed by atoms with Crippen LogP contribution >= 0.6 is 0 Å². The second-order valence-electron chi connectivity index (χ2n) is 7.63. The summed E-state index contributed by atoms with van der Waals surface area (Å²) in [7, 11) is 0. The molecule has 0 aromatic heterocycles. The van der Waals surface area contributed by atoms with Gasteiger partial charge in [-0.3, -0.25) is 24.0 Å². The van der Waals surface area contributed by atoms with Gasteiger partial charge in [0.2, 0.25) is 17.7 Å². The fraction of sp³-hybridized carbons (Fsp3) is 0.684. The zero-order chi connectivity index (χ0) is 25.9. The summed E-state index contributed by atoms with van der Waals surface area (Å²) in [6.07, 6.45) is -2.90. The summed E-state index contributed by atoms with van der Waals surface area (Å²) in [4.78, 5) is 70.5. The van der Waals surface area contributed by atoms with E-state index in [0.717, 1.165) is 0 Å². The Balaban J connectivity index is 5.49. The molecule has 6 unspecified atom stereocenters. The molecule has 0 saturated carbocycles. The first-order valence-corrected chi connectivity index (χ1v) is 10.2. The molecule has 188 valence electrons. The highest BCUT2D eigenvalue weighted by atomic mass is 16.4. The zero-order valence-electron chi connectivity index (χ0n) is 18.6. The van der Waals surface area contributed by atoms with Crippen LogP contribution in [0.3, 0.4) is 0 Å². The van der Waals surface area contributed by atoms with E-state index in [1.807, 2.05) is 5.32 Å². The number of carboxylic acid groups (broad SMARTS) is 3. The number of aliphatic hydroxyl groups excluding tert-OH is 1. The standard InChI is InChI=1S/C19H32N4O10/c1-4-8(2)14(20)17(30)23-15(9(3)24)18(31)22-11(7-13(27)28)16(29)21-10(19(32)33)5-6-12(25)26/h8-11,14-15,24H,4-7,20H2,1-3H3,(H,21,29)(H,22,31)(H,23,30)(H,25,26)(H,27,28)(H,32,33). The lowest BCUT2D eigenvalue weighted by Gasteiger charge is -2.26. The van der Waals surface area contributed by atoms with Gasteiger partial charge < -0.3 is 42.1 Å². The molecule has 0 radical (unpaired) electrons. The van der Waals surface area contributed by atoms with Crippen LogP contribution in [0.1, 0.15) is 46.5 Å². The maximum atomic E-state index is 12.6. The van der Waals surface area contributed by atoms with E-state index in [1.54, 1.807) is 13.8 Å². The normalized spacial score (nSPS) is 16.3. The van der Waals surface area contributed by atoms with E-state index in [2.05, 4.69) is 10.6 Å². The van der Waals surface area contributed by atoms with Crippen LogP contribution in [-0.2, 0) is 28.8 Å². The molecule has 6 atom stereocenters. The molecule has 0 aliphatic rings. The Hall–Kier alpha value is -3.26. The quantitative estimate of drug-likeness (QED) is 0.124. The third-order valence-electron chi connectivity index (χ3n) is 4.90. The van der Waals surface area contributed by atoms with Gasteiger partial charge in [-0.15, -0.1) is 0 Å². The third kappa shape index (κ3) is 10.7. The smallest absolute Gasteiger partial charge is 0.326 e. The maximum Gasteiger partial charge on any atom is 0.326 e. The van der Waals surface area contributed by atoms with Gasteiger partial charge in [0.25, 0.3) is 0 Å². The highest BCUT2D eigenvalue weighted by Crippen LogP contribution is 2.07. The van der Waals surface area contributed by atoms with Gasteiger partial charge in [0.05, 0.1) is 18.6 Å². The van der Waals surface area contributed by atoms with Crippen LogP contribution < -0.4 is 21.7 Å². The van der Waals surface area contributed by atoms with Crippen molar-refractivity contribution < 1.29 is 49.2 Å². The molecule has 0 aliphatic carbocycles. The molecule has 0 rings (SSSR count). The predicted molar refractivity (Wildman–Crippen MR) is 112 cm³/mol. The molecule has 14 nitrogen and oxygen atoms in total. The topological polar surface area (TPSA) is 245 Å². The number of carbonyl (C=O) groups is 6. The number of aliphatic carboxylic acids is 3. The number of carbonyl (C=O) groups excluding carboxylic acids is 3. The number of nitrogens with two attached hydrogens (primary N) is 1. The zero-order valence-corrected chi connectivity index (χ0v) is 18.6. The van der Waals surface area contributed by atoms with Crippen molar-refractivity contribution >= 4 is 35.6 Å². The second-order valence-corrected chi connectivity index (χ2v) is 7.63. The first-order valence-electron chi connectivity index (χ1n) is 10.2. The first kappa shape index (κ1) is 29.7. The lowest BCUT2D eigenvalue weighted by molar-refractivity contribution is -0.144. The van der Waals surface area contributed by atoms with Crippen LogP contribution in [0.5, 0.6) is 0 Å². The van der Waals surface area contributed by atoms with Gasteiger partial charge >= 0.3 is 17.9 Å². The van der Waals surface area contributed by atoms with Gasteiger partial charge in [-0.1, -0.05) is 20.3 Å². The Morgan fingerprint density at radius 1 is 0.818 bits per heavy atom. The van der Waals surface area contributed by atoms with Gasteiger partial charge in [0.15, 0.2) is 0 Å². The Bertz CT molecular complexity index is 742. The number of hydrogen-bond donors (Lipinski definition) is 8. The summed E-state index contributed by atoms with van der Waals surface area (Å²) in [6, 6.07) is -6.00. The van der Waals surface area contributed by atoms with E-state index in [4.69, 9.17) is 21.1 Å². The van der Waals surface area contributed by atoms with Gasteiger partial charge in [-0.2, -0.15) is 0 Å². The van der Waals surface area contributed by atoms with Crippen molar-refractivity contribution in [2.24, 2.45) is 11.7 Å². The van der Waals surface area contributed by atoms with Crippen molar-refractivity contribution in [3.63, 3.8) is 0 Å². The fourth-order valence-corrected chi connectivity index (χ4v) is 2.61. The largest absolute Gasteiger partial charge is 0.481 e. The Morgan fingerprint density at radius 2 is 1.36 bits per heavy atom. The van der Waals surface area contributed by atoms with Crippen LogP contribution in [0.4, 0.5) is 0 Å². The number of amides is 3. The fourth-order valence-electron chi connectivity index (χ4n) is 2.61. The van der Waals surface area contributed by atoms with E-state index in [-0.39, 0.29) is 5.92 Å². The average Bonchev–Trinajstić information content (AvgIpc) is 2.71. The third-order valence-corrected chi connectivity index (χ3v) is 4.90. The molecule has 0 spiro atoms. The van der Waals surface area contributed by atoms with E-state index in [0.29, 0.717) is 6.42 Å². The van der Waals surface area contributed by atoms with E-state index in [9.17, 15) is 33.9 Å². The average molecular weight is 476 g/mol. The summed E-state index contributed by atoms with van der Waals surface area (Å²) in [6.45, 7) is 4.68. The molecular weight excluding hydrogens is 444 g/mol. The lowest BCUT2D eigenvalue weighted by Crippen LogP contribution is -2.60. The van der Waals surface area contributed by atoms with E-state index < -0.39 is 85.2 Å². The highest BCUT2D eigenvalue weighted by molar-refractivity contribution is 5.95. The van der Waals surface area contributed by atoms with Crippen LogP contribution in [0, 0.1) is 5.92 Å². The molecule has 0 fully saturated rings. The van der Waals surface area contributed by atoms with Gasteiger partial charge in [-0.05, 0) is 19.3 Å². The summed E-state index contributed by atoms with van der Waals surface area (Å²) in [5.74, 6) is -7.67. The van der Waals surface area contributed by atoms with Gasteiger partial charge in [-0.25, -0.2) is 4.79 Å². The number of carboxylic acids is 3. The second kappa shape index (κ2) is 14.0. The van der Waals surface area contributed by atoms with Crippen molar-refractivity contribution in [2.45, 2.75) is 76.7 Å². The molecule has 0 saturated heterocycles. The number of nitrogens with one attached hydrogen (secondary N) is 3. The highest BCUT2D eigenvalue weighted by Gasteiger charge is 2.34. The van der Waals surface area contributed by atoms with Crippen LogP contribution in [-0.4, -0.2) is 86.3 Å². The summed E-state index contributed by atoms with van der Waals surface area (Å²) in [5.41, 5.74) is 5.80. The van der Waals surface area contributed by atoms with Crippen LogP contribution in [0.25, 0.3) is 0 Å². The Kier molecular flexibility index (Phi) is 12.6. The summed E-state index contributed by atoms with van der Waals surface area (Å²) < 4.78 is 0. The molecule has 9 N–H and O–H groups in total. The number of rotatable bonds is 15. The summed E-state index contributed by atoms with van der Waals surface area (Å²) >= 11 is 0. The summed E-state index contributed by atoms with van der Waals surface area (Å²) in [5, 5.41) is 43.1. The van der Waals surface area contributed by atoms with Crippen molar-refractivity contribution in [2.75, 3.05) is 0 Å². The van der Waals surface area contributed by atoms with Gasteiger partial charge in [0.1, 0.15) is 18.1 Å². The molecule has 0 aliphatic heterocycles. The molecule has 3 amide bonds. The molecule has 0 aromatic carbocycles. The Morgan fingerprint density at radius 3 is 1.79 bits per heavy atom. The Labute approximate surface area is 189 Å². The van der Waals surface area contributed by atoms with E-state index >= 15 is 0 Å². The van der Waals surface area contributed by atoms with Crippen LogP contribution in [0.15, 0.2) is 0 Å². The minimum atomic E-state index is -1.77. The SMILES string of the molecule is CCC(C)C(N)C(=O)NC(C(=O)NC(CC(=O)O)C(=O)NC(CCC(=O)O)C(=O)O)C(C)O. The van der Waals surface area contributed by atoms with E-state index in [1.165, 1.54) is 6.92 Å². The molecule has 0 aromatic rings. The maximum absolute atomic E-state index is 12.6. The van der Waals surface area contributed by atoms with Crippen molar-refractivity contribution in [1.82, 2.24) is 16.0 Å². The van der Waals surface area contributed by atoms with Crippen molar-refractivity contribution in [3.05, 3.63) is 0 Å². The number of aliphatic hydroxyl groups is 1. The lowest BCUT2D eigenvalue weighted by atomic mass is 9.98. The first-order chi connectivity index (χ1) is 15.2. The van der Waals surface area contributed by atoms with Crippen molar-refractivity contribution in [1.29, 1.82) is 0 Å². The molecular formula is C19H32N4O10. The number of hydrogen-bond acceptors (Lipinski definition) is 8. The van der Waals surface area contributed by atoms with Crippen molar-refractivity contribution in [3.8, 4) is 0 Å². The minimum Gasteiger partial charge on any atom is -0.481 e. The molecule has 0 bridgehead atoms.